The van der Waals surface area contributed by atoms with Gasteiger partial charge in [0.25, 0.3) is 12.3 Å². The molecule has 4 nitrogen and oxygen atoms in total. The van der Waals surface area contributed by atoms with Crippen LogP contribution < -0.4 is 10.6 Å². The summed E-state index contributed by atoms with van der Waals surface area (Å²) in [6.07, 6.45) is 4.46. The van der Waals surface area contributed by atoms with Crippen molar-refractivity contribution in [2.45, 2.75) is 26.2 Å². The highest BCUT2D eigenvalue weighted by Gasteiger charge is 2.33. The molecule has 0 saturated carbocycles. The van der Waals surface area contributed by atoms with Gasteiger partial charge in [-0.25, -0.2) is 0 Å². The monoisotopic (exact) mass is 520 g/mol. The molecule has 2 N–H and O–H groups in total. The van der Waals surface area contributed by atoms with E-state index >= 15 is 0 Å². The smallest absolute Gasteiger partial charge is 0.258 e. The summed E-state index contributed by atoms with van der Waals surface area (Å²) in [5.74, 6) is 0. The van der Waals surface area contributed by atoms with Crippen molar-refractivity contribution in [3.05, 3.63) is 155 Å². The van der Waals surface area contributed by atoms with Crippen LogP contribution in [0.3, 0.4) is 0 Å². The molecule has 2 atom stereocenters. The van der Waals surface area contributed by atoms with Crippen molar-refractivity contribution in [2.75, 3.05) is 10.6 Å². The number of fused-ring (bicyclic) bond motifs is 2. The fraction of sp³-hybridized carbons (Fsp3) is 0.111. The highest BCUT2D eigenvalue weighted by Crippen LogP contribution is 2.35. The lowest BCUT2D eigenvalue weighted by Crippen LogP contribution is -2.29. The van der Waals surface area contributed by atoms with Crippen LogP contribution in [-0.4, -0.2) is 21.6 Å². The molecule has 0 spiro atoms. The first-order valence-corrected chi connectivity index (χ1v) is 13.8. The van der Waals surface area contributed by atoms with Gasteiger partial charge in [-0.2, -0.15) is 9.15 Å². The standard InChI is InChI=1S/C36H30N4/c1-25-11-19-31(20-12-25)39-23-29-7-3-5-9-33(29)37-35(39)27-15-17-28(18-16-27)36-38-34-10-6-4-8-30(34)24-40(36)32-21-13-26(2)14-22-32/h3-24,35-36H,1-2H3/p+2. The second kappa shape index (κ2) is 9.97. The normalized spacial score (nSPS) is 17.4. The molecule has 2 heterocycles. The van der Waals surface area contributed by atoms with Gasteiger partial charge in [-0.05, 0) is 62.4 Å². The van der Waals surface area contributed by atoms with Crippen molar-refractivity contribution in [2.24, 2.45) is 0 Å². The second-order valence-corrected chi connectivity index (χ2v) is 10.7. The number of nitrogens with one attached hydrogen (secondary N) is 2. The zero-order valence-corrected chi connectivity index (χ0v) is 22.8. The van der Waals surface area contributed by atoms with Crippen LogP contribution in [0.2, 0.25) is 0 Å². The SMILES string of the molecule is Cc1ccc([N+]2=Cc3ccccc3NC2c2ccc(C3Nc4ccccc4C=[N+]3c3ccc(C)cc3)cc2)cc1. The molecule has 5 aromatic rings. The first-order valence-electron chi connectivity index (χ1n) is 13.8. The van der Waals surface area contributed by atoms with Gasteiger partial charge in [0.15, 0.2) is 12.4 Å². The summed E-state index contributed by atoms with van der Waals surface area (Å²) in [4.78, 5) is 0. The molecule has 2 unspecified atom stereocenters. The topological polar surface area (TPSA) is 30.1 Å². The average Bonchev–Trinajstić information content (AvgIpc) is 3.01. The Morgan fingerprint density at radius 3 is 1.23 bits per heavy atom. The summed E-state index contributed by atoms with van der Waals surface area (Å²) in [5.41, 5.74) is 11.9. The van der Waals surface area contributed by atoms with Crippen molar-refractivity contribution in [3.63, 3.8) is 0 Å². The van der Waals surface area contributed by atoms with E-state index in [4.69, 9.17) is 0 Å². The minimum Gasteiger partial charge on any atom is -0.323 e. The number of rotatable bonds is 4. The number of para-hydroxylation sites is 2. The van der Waals surface area contributed by atoms with Gasteiger partial charge < -0.3 is 10.6 Å². The third kappa shape index (κ3) is 4.48. The fourth-order valence-electron chi connectivity index (χ4n) is 5.59. The van der Waals surface area contributed by atoms with Gasteiger partial charge in [0.2, 0.25) is 11.4 Å². The van der Waals surface area contributed by atoms with Crippen LogP contribution in [0.25, 0.3) is 0 Å². The summed E-state index contributed by atoms with van der Waals surface area (Å²) in [5, 5.41) is 7.58. The average molecular weight is 521 g/mol. The Bertz CT molecular complexity index is 1610. The predicted octanol–water partition coefficient (Wildman–Crippen LogP) is 8.08. The summed E-state index contributed by atoms with van der Waals surface area (Å²) >= 11 is 0. The summed E-state index contributed by atoms with van der Waals surface area (Å²) in [6.45, 7) is 4.25. The Balaban J connectivity index is 1.26. The van der Waals surface area contributed by atoms with Crippen LogP contribution in [0.15, 0.2) is 121 Å². The first kappa shape index (κ1) is 24.1. The van der Waals surface area contributed by atoms with Gasteiger partial charge in [0.05, 0.1) is 22.5 Å². The van der Waals surface area contributed by atoms with E-state index in [1.165, 1.54) is 33.4 Å². The van der Waals surface area contributed by atoms with E-state index in [0.717, 1.165) is 22.7 Å². The van der Waals surface area contributed by atoms with Gasteiger partial charge >= 0.3 is 0 Å². The highest BCUT2D eigenvalue weighted by atomic mass is 15.2. The summed E-state index contributed by atoms with van der Waals surface area (Å²) in [6, 6.07) is 43.5. The Morgan fingerprint density at radius 2 is 0.825 bits per heavy atom. The van der Waals surface area contributed by atoms with Gasteiger partial charge in [-0.1, -0.05) is 59.7 Å². The molecule has 4 heteroatoms. The van der Waals surface area contributed by atoms with E-state index in [1.54, 1.807) is 0 Å². The van der Waals surface area contributed by atoms with Gasteiger partial charge in [0, 0.05) is 35.4 Å². The van der Waals surface area contributed by atoms with Crippen LogP contribution in [0.1, 0.15) is 45.7 Å². The Hall–Kier alpha value is -4.96. The van der Waals surface area contributed by atoms with Crippen LogP contribution in [-0.2, 0) is 0 Å². The van der Waals surface area contributed by atoms with Gasteiger partial charge in [-0.15, -0.1) is 0 Å². The molecule has 40 heavy (non-hydrogen) atoms. The summed E-state index contributed by atoms with van der Waals surface area (Å²) < 4.78 is 4.66. The molecule has 2 aliphatic heterocycles. The van der Waals surface area contributed by atoms with Crippen LogP contribution in [0, 0.1) is 13.8 Å². The molecule has 7 rings (SSSR count). The zero-order chi connectivity index (χ0) is 27.1. The van der Waals surface area contributed by atoms with Crippen LogP contribution in [0.4, 0.5) is 22.7 Å². The Morgan fingerprint density at radius 1 is 0.450 bits per heavy atom. The number of anilines is 2. The van der Waals surface area contributed by atoms with E-state index in [1.807, 2.05) is 0 Å². The quantitative estimate of drug-likeness (QED) is 0.235. The Labute approximate surface area is 235 Å². The molecule has 0 saturated heterocycles. The molecule has 5 aromatic carbocycles. The molecular formula is C36H32N4+2. The lowest BCUT2D eigenvalue weighted by Gasteiger charge is -2.25. The summed E-state index contributed by atoms with van der Waals surface area (Å²) in [7, 11) is 0. The van der Waals surface area contributed by atoms with Crippen LogP contribution in [0.5, 0.6) is 0 Å². The fourth-order valence-corrected chi connectivity index (χ4v) is 5.59. The Kier molecular flexibility index (Phi) is 6.01. The van der Waals surface area contributed by atoms with Crippen molar-refractivity contribution in [1.82, 2.24) is 0 Å². The highest BCUT2D eigenvalue weighted by molar-refractivity contribution is 5.87. The van der Waals surface area contributed by atoms with Crippen molar-refractivity contribution in [1.29, 1.82) is 0 Å². The number of nitrogens with zero attached hydrogens (tertiary/aromatic N) is 2. The zero-order valence-electron chi connectivity index (χ0n) is 22.8. The molecule has 0 fully saturated rings. The lowest BCUT2D eigenvalue weighted by molar-refractivity contribution is -0.480. The molecule has 0 amide bonds. The minimum atomic E-state index is -0.0218. The molecular weight excluding hydrogens is 488 g/mol. The minimum absolute atomic E-state index is 0.0218. The predicted molar refractivity (Wildman–Crippen MR) is 165 cm³/mol. The largest absolute Gasteiger partial charge is 0.323 e. The maximum atomic E-state index is 3.79. The second-order valence-electron chi connectivity index (χ2n) is 10.7. The molecule has 0 aliphatic carbocycles. The maximum absolute atomic E-state index is 3.79. The molecule has 0 bridgehead atoms. The van der Waals surface area contributed by atoms with E-state index in [-0.39, 0.29) is 12.3 Å². The van der Waals surface area contributed by atoms with Crippen molar-refractivity contribution in [3.8, 4) is 0 Å². The number of benzene rings is 5. The number of aryl methyl sites for hydroxylation is 2. The third-order valence-electron chi connectivity index (χ3n) is 7.85. The van der Waals surface area contributed by atoms with Crippen molar-refractivity contribution >= 4 is 35.2 Å². The maximum Gasteiger partial charge on any atom is 0.258 e. The molecule has 2 aliphatic rings. The van der Waals surface area contributed by atoms with E-state index < -0.39 is 0 Å². The first-order chi connectivity index (χ1) is 19.6. The van der Waals surface area contributed by atoms with Crippen LogP contribution >= 0.6 is 0 Å². The molecule has 0 radical (unpaired) electrons. The van der Waals surface area contributed by atoms with Crippen molar-refractivity contribution < 1.29 is 9.15 Å². The van der Waals surface area contributed by atoms with Gasteiger partial charge in [-0.3, -0.25) is 0 Å². The van der Waals surface area contributed by atoms with E-state index in [9.17, 15) is 0 Å². The number of hydrogen-bond acceptors (Lipinski definition) is 2. The van der Waals surface area contributed by atoms with Gasteiger partial charge in [0.1, 0.15) is 0 Å². The van der Waals surface area contributed by atoms with E-state index in [0.29, 0.717) is 0 Å². The third-order valence-corrected chi connectivity index (χ3v) is 7.85. The number of hydrogen-bond donors (Lipinski definition) is 2. The molecule has 194 valence electrons. The lowest BCUT2D eigenvalue weighted by atomic mass is 10.0. The van der Waals surface area contributed by atoms with E-state index in [2.05, 4.69) is 167 Å². The molecule has 0 aromatic heterocycles.